The molecule has 3 aliphatic heterocycles. The highest BCUT2D eigenvalue weighted by Crippen LogP contribution is 2.54. The molecule has 0 aromatic heterocycles. The van der Waals surface area contributed by atoms with Gasteiger partial charge in [0.2, 0.25) is 0 Å². The molecule has 4 fully saturated rings. The zero-order valence-electron chi connectivity index (χ0n) is 20.9. The van der Waals surface area contributed by atoms with Crippen molar-refractivity contribution in [2.24, 2.45) is 23.5 Å². The number of allylic oxidation sites excluding steroid dienone is 1. The van der Waals surface area contributed by atoms with E-state index in [4.69, 9.17) is 19.9 Å². The van der Waals surface area contributed by atoms with Gasteiger partial charge in [0.15, 0.2) is 0 Å². The number of carbonyl (C=O) groups excluding carboxylic acids is 2. The Labute approximate surface area is 202 Å². The molecule has 0 aromatic rings. The van der Waals surface area contributed by atoms with Gasteiger partial charge >= 0.3 is 11.9 Å². The summed E-state index contributed by atoms with van der Waals surface area (Å²) in [6, 6.07) is 0. The van der Waals surface area contributed by atoms with Gasteiger partial charge in [0.25, 0.3) is 0 Å². The second-order valence-electron chi connectivity index (χ2n) is 11.3. The van der Waals surface area contributed by atoms with Crippen molar-refractivity contribution in [2.45, 2.75) is 108 Å². The molecule has 192 valence electrons. The first-order valence-corrected chi connectivity index (χ1v) is 13.0. The monoisotopic (exact) mass is 478 g/mol. The number of esters is 2. The van der Waals surface area contributed by atoms with Crippen LogP contribution in [0.25, 0.3) is 0 Å². The van der Waals surface area contributed by atoms with E-state index < -0.39 is 17.2 Å². The smallest absolute Gasteiger partial charge is 0.334 e. The number of aliphatic hydroxyl groups is 1. The van der Waals surface area contributed by atoms with Gasteiger partial charge in [-0.25, -0.2) is 4.79 Å². The zero-order chi connectivity index (χ0) is 24.5. The number of hydrogen-bond donors (Lipinski definition) is 3. The lowest BCUT2D eigenvalue weighted by Gasteiger charge is -2.46. The van der Waals surface area contributed by atoms with Gasteiger partial charge in [-0.15, -0.1) is 0 Å². The molecule has 4 rings (SSSR count). The number of aliphatic hydroxyl groups excluding tert-OH is 1. The highest BCUT2D eigenvalue weighted by Gasteiger charge is 2.60. The normalized spacial score (nSPS) is 38.6. The summed E-state index contributed by atoms with van der Waals surface area (Å²) in [5.74, 6) is 0.599. The first-order valence-electron chi connectivity index (χ1n) is 13.0. The summed E-state index contributed by atoms with van der Waals surface area (Å²) in [6.45, 7) is 6.48. The van der Waals surface area contributed by atoms with E-state index in [0.29, 0.717) is 36.2 Å². The van der Waals surface area contributed by atoms with Crippen LogP contribution in [-0.4, -0.2) is 59.8 Å². The van der Waals surface area contributed by atoms with Gasteiger partial charge in [-0.05, 0) is 83.6 Å². The predicted molar refractivity (Wildman–Crippen MR) is 126 cm³/mol. The Bertz CT molecular complexity index is 798. The highest BCUT2D eigenvalue weighted by molar-refractivity contribution is 5.88. The van der Waals surface area contributed by atoms with Crippen LogP contribution in [-0.2, 0) is 23.8 Å². The molecule has 0 aromatic carbocycles. The molecule has 3 heterocycles. The van der Waals surface area contributed by atoms with Crippen molar-refractivity contribution in [3.63, 3.8) is 0 Å². The molecule has 4 aliphatic rings. The van der Waals surface area contributed by atoms with Crippen LogP contribution in [0, 0.1) is 17.8 Å². The van der Waals surface area contributed by atoms with Gasteiger partial charge in [0, 0.05) is 31.4 Å². The lowest BCUT2D eigenvalue weighted by Crippen LogP contribution is -2.55. The molecule has 4 N–H and O–H groups in total. The van der Waals surface area contributed by atoms with Crippen molar-refractivity contribution >= 4 is 11.9 Å². The molecule has 7 unspecified atom stereocenters. The van der Waals surface area contributed by atoms with Crippen molar-refractivity contribution in [3.8, 4) is 0 Å². The van der Waals surface area contributed by atoms with E-state index in [1.165, 1.54) is 0 Å². The maximum absolute atomic E-state index is 13.0. The lowest BCUT2D eigenvalue weighted by atomic mass is 9.69. The number of rotatable bonds is 7. The molecule has 0 amide bonds. The highest BCUT2D eigenvalue weighted by atomic mass is 16.6. The summed E-state index contributed by atoms with van der Waals surface area (Å²) >= 11 is 0. The Morgan fingerprint density at radius 1 is 1.26 bits per heavy atom. The molecule has 8 nitrogen and oxygen atoms in total. The van der Waals surface area contributed by atoms with E-state index in [9.17, 15) is 14.7 Å². The Balaban J connectivity index is 1.57. The number of hydrogen-bond acceptors (Lipinski definition) is 8. The number of ether oxygens (including phenoxy) is 3. The van der Waals surface area contributed by atoms with Crippen LogP contribution < -0.4 is 11.1 Å². The molecule has 0 spiro atoms. The third-order valence-electron chi connectivity index (χ3n) is 8.69. The molecule has 7 atom stereocenters. The number of nitrogens with one attached hydrogen (secondary N) is 1. The van der Waals surface area contributed by atoms with Crippen LogP contribution >= 0.6 is 0 Å². The van der Waals surface area contributed by atoms with Crippen molar-refractivity contribution in [1.29, 1.82) is 0 Å². The van der Waals surface area contributed by atoms with Crippen LogP contribution in [0.2, 0.25) is 0 Å². The van der Waals surface area contributed by atoms with E-state index in [1.54, 1.807) is 13.0 Å². The standard InChI is InChI=1S/C26H42N2O6/c1-4-17(8-10-29)24(31)34-25(2,3)26(14-16-7-9-28-22(27)11-16)15-19-12-18-5-6-23(30)32-20(18)13-21(19)33-26/h4,16,18-22,28-29H,5-15,27H2,1-3H3. The van der Waals surface area contributed by atoms with Crippen LogP contribution in [0.5, 0.6) is 0 Å². The third kappa shape index (κ3) is 5.20. The fourth-order valence-corrected chi connectivity index (χ4v) is 6.73. The average Bonchev–Trinajstić information content (AvgIpc) is 3.14. The number of carbonyl (C=O) groups is 2. The van der Waals surface area contributed by atoms with E-state index in [0.717, 1.165) is 45.1 Å². The molecule has 1 aliphatic carbocycles. The van der Waals surface area contributed by atoms with Gasteiger partial charge in [-0.2, -0.15) is 0 Å². The number of nitrogens with two attached hydrogens (primary N) is 1. The molecule has 3 saturated heterocycles. The van der Waals surface area contributed by atoms with E-state index >= 15 is 0 Å². The lowest BCUT2D eigenvalue weighted by molar-refractivity contribution is -0.206. The topological polar surface area (TPSA) is 120 Å². The fraction of sp³-hybridized carbons (Fsp3) is 0.846. The van der Waals surface area contributed by atoms with E-state index in [1.807, 2.05) is 13.8 Å². The Hall–Kier alpha value is -1.48. The summed E-state index contributed by atoms with van der Waals surface area (Å²) < 4.78 is 18.8. The quantitative estimate of drug-likeness (QED) is 0.377. The largest absolute Gasteiger partial charge is 0.462 e. The van der Waals surface area contributed by atoms with Gasteiger partial charge < -0.3 is 30.4 Å². The fourth-order valence-electron chi connectivity index (χ4n) is 6.73. The van der Waals surface area contributed by atoms with Gasteiger partial charge in [0.1, 0.15) is 17.3 Å². The summed E-state index contributed by atoms with van der Waals surface area (Å²) in [6.07, 6.45) is 8.38. The van der Waals surface area contributed by atoms with Crippen LogP contribution in [0.15, 0.2) is 11.6 Å². The maximum Gasteiger partial charge on any atom is 0.334 e. The minimum atomic E-state index is -0.873. The summed E-state index contributed by atoms with van der Waals surface area (Å²) in [5, 5.41) is 12.7. The molecule has 8 heteroatoms. The molecule has 0 radical (unpaired) electrons. The number of piperidine rings is 1. The molecular formula is C26H42N2O6. The summed E-state index contributed by atoms with van der Waals surface area (Å²) in [4.78, 5) is 24.9. The maximum atomic E-state index is 13.0. The van der Waals surface area contributed by atoms with Crippen molar-refractivity contribution in [3.05, 3.63) is 11.6 Å². The molecule has 34 heavy (non-hydrogen) atoms. The first-order chi connectivity index (χ1) is 16.2. The zero-order valence-corrected chi connectivity index (χ0v) is 20.9. The second-order valence-corrected chi connectivity index (χ2v) is 11.3. The Morgan fingerprint density at radius 2 is 2.06 bits per heavy atom. The molecule has 1 saturated carbocycles. The van der Waals surface area contributed by atoms with E-state index in [-0.39, 0.29) is 37.4 Å². The Morgan fingerprint density at radius 3 is 2.76 bits per heavy atom. The predicted octanol–water partition coefficient (Wildman–Crippen LogP) is 2.57. The minimum absolute atomic E-state index is 0.0147. The summed E-state index contributed by atoms with van der Waals surface area (Å²) in [5.41, 5.74) is 5.17. The Kier molecular flexibility index (Phi) is 7.72. The third-order valence-corrected chi connectivity index (χ3v) is 8.69. The van der Waals surface area contributed by atoms with Crippen molar-refractivity contribution in [2.75, 3.05) is 13.2 Å². The van der Waals surface area contributed by atoms with Crippen LogP contribution in [0.3, 0.4) is 0 Å². The first kappa shape index (κ1) is 25.6. The van der Waals surface area contributed by atoms with Crippen LogP contribution in [0.4, 0.5) is 0 Å². The minimum Gasteiger partial charge on any atom is -0.462 e. The molecular weight excluding hydrogens is 436 g/mol. The SMILES string of the molecule is CC=C(CCO)C(=O)OC(C)(C)C1(CC2CCNC(N)C2)CC2CC3CCC(=O)OC3CC2O1. The number of fused-ring (bicyclic) bond motifs is 2. The van der Waals surface area contributed by atoms with Crippen LogP contribution in [0.1, 0.15) is 78.6 Å². The summed E-state index contributed by atoms with van der Waals surface area (Å²) in [7, 11) is 0. The van der Waals surface area contributed by atoms with Gasteiger partial charge in [0.05, 0.1) is 12.3 Å². The average molecular weight is 479 g/mol. The van der Waals surface area contributed by atoms with Crippen molar-refractivity contribution in [1.82, 2.24) is 5.32 Å². The second kappa shape index (κ2) is 10.2. The molecule has 0 bridgehead atoms. The van der Waals surface area contributed by atoms with Crippen molar-refractivity contribution < 1.29 is 28.9 Å². The van der Waals surface area contributed by atoms with Gasteiger partial charge in [-0.1, -0.05) is 6.08 Å². The van der Waals surface area contributed by atoms with Gasteiger partial charge in [-0.3, -0.25) is 4.79 Å². The van der Waals surface area contributed by atoms with E-state index in [2.05, 4.69) is 5.32 Å².